The van der Waals surface area contributed by atoms with Crippen molar-refractivity contribution >= 4 is 27.6 Å². The highest BCUT2D eigenvalue weighted by molar-refractivity contribution is 9.10. The van der Waals surface area contributed by atoms with Gasteiger partial charge in [-0.1, -0.05) is 13.8 Å². The summed E-state index contributed by atoms with van der Waals surface area (Å²) in [5.41, 5.74) is 1.02. The second kappa shape index (κ2) is 5.91. The van der Waals surface area contributed by atoms with Crippen molar-refractivity contribution in [3.8, 4) is 0 Å². The van der Waals surface area contributed by atoms with Crippen molar-refractivity contribution in [1.82, 2.24) is 9.55 Å². The largest absolute Gasteiger partial charge is 0.322 e. The Bertz CT molecular complexity index is 600. The lowest BCUT2D eigenvalue weighted by atomic mass is 10.2. The summed E-state index contributed by atoms with van der Waals surface area (Å²) in [5, 5.41) is 2.93. The number of benzene rings is 1. The predicted octanol–water partition coefficient (Wildman–Crippen LogP) is 4.63. The van der Waals surface area contributed by atoms with E-state index >= 15 is 0 Å². The van der Waals surface area contributed by atoms with E-state index in [0.717, 1.165) is 18.3 Å². The van der Waals surface area contributed by atoms with Gasteiger partial charge in [0.1, 0.15) is 5.82 Å². The van der Waals surface area contributed by atoms with Crippen LogP contribution in [0.5, 0.6) is 0 Å². The van der Waals surface area contributed by atoms with Crippen LogP contribution in [-0.2, 0) is 6.54 Å². The molecule has 1 aromatic heterocycles. The van der Waals surface area contributed by atoms with Gasteiger partial charge in [0.15, 0.2) is 5.82 Å². The number of hydrogen-bond acceptors (Lipinski definition) is 2. The van der Waals surface area contributed by atoms with Crippen molar-refractivity contribution in [3.63, 3.8) is 0 Å². The normalized spacial score (nSPS) is 11.2. The maximum Gasteiger partial charge on any atom is 0.207 e. The van der Waals surface area contributed by atoms with Gasteiger partial charge in [0, 0.05) is 23.3 Å². The second-order valence-corrected chi connectivity index (χ2v) is 5.98. The fourth-order valence-corrected chi connectivity index (χ4v) is 2.46. The van der Waals surface area contributed by atoms with E-state index in [2.05, 4.69) is 40.1 Å². The zero-order chi connectivity index (χ0) is 14.9. The second-order valence-electron chi connectivity index (χ2n) is 5.12. The van der Waals surface area contributed by atoms with Crippen molar-refractivity contribution in [2.24, 2.45) is 5.92 Å². The zero-order valence-corrected chi connectivity index (χ0v) is 13.1. The first-order valence-electron chi connectivity index (χ1n) is 6.32. The van der Waals surface area contributed by atoms with Crippen molar-refractivity contribution < 1.29 is 8.78 Å². The smallest absolute Gasteiger partial charge is 0.207 e. The van der Waals surface area contributed by atoms with E-state index < -0.39 is 11.6 Å². The number of hydrogen-bond donors (Lipinski definition) is 1. The molecule has 2 aromatic rings. The highest BCUT2D eigenvalue weighted by atomic mass is 79.9. The lowest BCUT2D eigenvalue weighted by Gasteiger charge is -2.13. The lowest BCUT2D eigenvalue weighted by molar-refractivity contribution is 0.527. The number of nitrogens with one attached hydrogen (secondary N) is 1. The summed E-state index contributed by atoms with van der Waals surface area (Å²) in [6.45, 7) is 6.82. The summed E-state index contributed by atoms with van der Waals surface area (Å²) >= 11 is 3.16. The molecule has 0 radical (unpaired) electrons. The molecule has 0 aliphatic carbocycles. The molecule has 108 valence electrons. The quantitative estimate of drug-likeness (QED) is 0.876. The molecule has 20 heavy (non-hydrogen) atoms. The third-order valence-corrected chi connectivity index (χ3v) is 3.33. The van der Waals surface area contributed by atoms with E-state index in [1.165, 1.54) is 6.07 Å². The number of aryl methyl sites for hydroxylation is 1. The molecule has 0 aliphatic heterocycles. The van der Waals surface area contributed by atoms with Crippen LogP contribution in [-0.4, -0.2) is 9.55 Å². The minimum Gasteiger partial charge on any atom is -0.322 e. The van der Waals surface area contributed by atoms with Gasteiger partial charge in [-0.3, -0.25) is 0 Å². The van der Waals surface area contributed by atoms with Crippen molar-refractivity contribution in [2.75, 3.05) is 5.32 Å². The molecule has 0 spiro atoms. The first-order valence-corrected chi connectivity index (χ1v) is 7.11. The molecule has 0 saturated carbocycles. The van der Waals surface area contributed by atoms with Gasteiger partial charge < -0.3 is 9.88 Å². The molecule has 1 N–H and O–H groups in total. The molecule has 6 heteroatoms. The minimum absolute atomic E-state index is 0.182. The molecule has 3 nitrogen and oxygen atoms in total. The standard InChI is InChI=1S/C14H16BrF2N3/c1-8(2)6-20-7-9(3)18-14(20)19-13-11(15)4-10(16)5-12(13)17/h4-5,7-8H,6H2,1-3H3,(H,18,19). The van der Waals surface area contributed by atoms with Crippen LogP contribution < -0.4 is 5.32 Å². The van der Waals surface area contributed by atoms with Crippen LogP contribution in [0.4, 0.5) is 20.4 Å². The summed E-state index contributed by atoms with van der Waals surface area (Å²) in [5.74, 6) is -0.302. The average Bonchev–Trinajstić information content (AvgIpc) is 2.63. The van der Waals surface area contributed by atoms with Gasteiger partial charge in [-0.2, -0.15) is 0 Å². The molecule has 0 unspecified atom stereocenters. The Hall–Kier alpha value is -1.43. The van der Waals surface area contributed by atoms with E-state index in [4.69, 9.17) is 0 Å². The van der Waals surface area contributed by atoms with Gasteiger partial charge in [-0.05, 0) is 34.8 Å². The van der Waals surface area contributed by atoms with E-state index in [1.807, 2.05) is 17.7 Å². The first-order chi connectivity index (χ1) is 9.36. The van der Waals surface area contributed by atoms with Gasteiger partial charge >= 0.3 is 0 Å². The number of halogens is 3. The molecule has 0 aliphatic rings. The Morgan fingerprint density at radius 1 is 1.35 bits per heavy atom. The van der Waals surface area contributed by atoms with Crippen LogP contribution in [0.15, 0.2) is 22.8 Å². The molecule has 0 amide bonds. The molecule has 0 bridgehead atoms. The van der Waals surface area contributed by atoms with Gasteiger partial charge in [0.2, 0.25) is 5.95 Å². The van der Waals surface area contributed by atoms with E-state index in [9.17, 15) is 8.78 Å². The third-order valence-electron chi connectivity index (χ3n) is 2.70. The van der Waals surface area contributed by atoms with Crippen LogP contribution in [0, 0.1) is 24.5 Å². The number of anilines is 2. The summed E-state index contributed by atoms with van der Waals surface area (Å²) in [6.07, 6.45) is 1.90. The highest BCUT2D eigenvalue weighted by Crippen LogP contribution is 2.29. The number of nitrogens with zero attached hydrogens (tertiary/aromatic N) is 2. The Balaban J connectivity index is 2.35. The molecule has 0 saturated heterocycles. The molecule has 1 heterocycles. The van der Waals surface area contributed by atoms with Crippen molar-refractivity contribution in [2.45, 2.75) is 27.3 Å². The number of aromatic nitrogens is 2. The first kappa shape index (κ1) is 15.0. The average molecular weight is 344 g/mol. The van der Waals surface area contributed by atoms with E-state index in [-0.39, 0.29) is 5.69 Å². The Morgan fingerprint density at radius 2 is 2.05 bits per heavy atom. The zero-order valence-electron chi connectivity index (χ0n) is 11.5. The monoisotopic (exact) mass is 343 g/mol. The number of rotatable bonds is 4. The lowest BCUT2D eigenvalue weighted by Crippen LogP contribution is -2.08. The maximum absolute atomic E-state index is 13.8. The van der Waals surface area contributed by atoms with Crippen LogP contribution in [0.25, 0.3) is 0 Å². The molecule has 2 rings (SSSR count). The van der Waals surface area contributed by atoms with Crippen LogP contribution in [0.3, 0.4) is 0 Å². The van der Waals surface area contributed by atoms with Crippen LogP contribution in [0.1, 0.15) is 19.5 Å². The summed E-state index contributed by atoms with van der Waals surface area (Å²) in [4.78, 5) is 4.33. The Labute approximate surface area is 125 Å². The maximum atomic E-state index is 13.8. The topological polar surface area (TPSA) is 29.9 Å². The van der Waals surface area contributed by atoms with E-state index in [0.29, 0.717) is 16.3 Å². The van der Waals surface area contributed by atoms with Crippen molar-refractivity contribution in [1.29, 1.82) is 0 Å². The summed E-state index contributed by atoms with van der Waals surface area (Å²) < 4.78 is 29.2. The minimum atomic E-state index is -0.659. The summed E-state index contributed by atoms with van der Waals surface area (Å²) in [7, 11) is 0. The molecular weight excluding hydrogens is 328 g/mol. The van der Waals surface area contributed by atoms with Crippen molar-refractivity contribution in [3.05, 3.63) is 40.1 Å². The SMILES string of the molecule is Cc1cn(CC(C)C)c(Nc2c(F)cc(F)cc2Br)n1. The fourth-order valence-electron chi connectivity index (χ4n) is 1.95. The van der Waals surface area contributed by atoms with Crippen LogP contribution in [0.2, 0.25) is 0 Å². The summed E-state index contributed by atoms with van der Waals surface area (Å²) in [6, 6.07) is 2.06. The third kappa shape index (κ3) is 3.36. The van der Waals surface area contributed by atoms with Gasteiger partial charge in [-0.15, -0.1) is 0 Å². The van der Waals surface area contributed by atoms with Gasteiger partial charge in [0.05, 0.1) is 11.4 Å². The molecule has 0 atom stereocenters. The van der Waals surface area contributed by atoms with Gasteiger partial charge in [-0.25, -0.2) is 13.8 Å². The fraction of sp³-hybridized carbons (Fsp3) is 0.357. The van der Waals surface area contributed by atoms with E-state index in [1.54, 1.807) is 0 Å². The molecule has 1 aromatic carbocycles. The van der Waals surface area contributed by atoms with Gasteiger partial charge in [0.25, 0.3) is 0 Å². The molecule has 0 fully saturated rings. The predicted molar refractivity (Wildman–Crippen MR) is 79.1 cm³/mol. The molecular formula is C14H16BrF2N3. The highest BCUT2D eigenvalue weighted by Gasteiger charge is 2.14. The Kier molecular flexibility index (Phi) is 4.42. The van der Waals surface area contributed by atoms with Crippen LogP contribution >= 0.6 is 15.9 Å². The Morgan fingerprint density at radius 3 is 2.65 bits per heavy atom. The number of imidazole rings is 1.